The van der Waals surface area contributed by atoms with Crippen LogP contribution < -0.4 is 16.4 Å². The van der Waals surface area contributed by atoms with Crippen LogP contribution in [0.4, 0.5) is 11.4 Å². The lowest BCUT2D eigenvalue weighted by Crippen LogP contribution is -2.28. The molecule has 0 fully saturated rings. The molecule has 1 aromatic carbocycles. The van der Waals surface area contributed by atoms with E-state index in [0.29, 0.717) is 11.4 Å². The molecule has 86 valence electrons. The number of primary amides is 1. The smallest absolute Gasteiger partial charge is 0.250 e. The van der Waals surface area contributed by atoms with E-state index in [-0.39, 0.29) is 18.7 Å². The van der Waals surface area contributed by atoms with Crippen LogP contribution in [-0.2, 0) is 0 Å². The molecule has 17 heavy (non-hydrogen) atoms. The number of hydrogen-bond donors (Lipinski definition) is 2. The largest absolute Gasteiger partial charge is 0.397 e. The third-order valence-electron chi connectivity index (χ3n) is 2.17. The number of rotatable bonds is 4. The van der Waals surface area contributed by atoms with Gasteiger partial charge in [0.15, 0.2) is 0 Å². The molecule has 6 heteroatoms. The first-order chi connectivity index (χ1) is 8.11. The summed E-state index contributed by atoms with van der Waals surface area (Å²) < 4.78 is 0. The maximum Gasteiger partial charge on any atom is 0.250 e. The summed E-state index contributed by atoms with van der Waals surface area (Å²) >= 11 is 0. The highest BCUT2D eigenvalue weighted by Crippen LogP contribution is 2.27. The number of para-hydroxylation sites is 1. The summed E-state index contributed by atoms with van der Waals surface area (Å²) in [6, 6.07) is 8.51. The number of carbonyl (C=O) groups is 1. The van der Waals surface area contributed by atoms with Crippen molar-refractivity contribution in [1.82, 2.24) is 0 Å². The first-order valence-corrected chi connectivity index (χ1v) is 4.79. The maximum absolute atomic E-state index is 11.3. The number of nitrogen functional groups attached to an aromatic ring is 1. The van der Waals surface area contributed by atoms with Gasteiger partial charge in [-0.1, -0.05) is 6.07 Å². The van der Waals surface area contributed by atoms with E-state index in [2.05, 4.69) is 0 Å². The highest BCUT2D eigenvalue weighted by molar-refractivity contribution is 6.01. The number of carbonyl (C=O) groups excluding carboxylic acids is 1. The van der Waals surface area contributed by atoms with Crippen molar-refractivity contribution in [2.45, 2.75) is 0 Å². The zero-order valence-electron chi connectivity index (χ0n) is 9.05. The molecule has 0 heterocycles. The Hall–Kier alpha value is -2.73. The van der Waals surface area contributed by atoms with E-state index in [4.69, 9.17) is 22.0 Å². The van der Waals surface area contributed by atoms with E-state index in [1.165, 1.54) is 11.0 Å². The van der Waals surface area contributed by atoms with Crippen molar-refractivity contribution >= 4 is 17.3 Å². The summed E-state index contributed by atoms with van der Waals surface area (Å²) in [5, 5.41) is 17.4. The molecule has 4 N–H and O–H groups in total. The Labute approximate surface area is 98.6 Å². The van der Waals surface area contributed by atoms with Crippen LogP contribution in [0.25, 0.3) is 0 Å². The van der Waals surface area contributed by atoms with Crippen molar-refractivity contribution in [2.75, 3.05) is 23.7 Å². The van der Waals surface area contributed by atoms with E-state index >= 15 is 0 Å². The van der Waals surface area contributed by atoms with Crippen LogP contribution in [0.15, 0.2) is 18.2 Å². The van der Waals surface area contributed by atoms with E-state index in [1.807, 2.05) is 12.1 Å². The Morgan fingerprint density at radius 3 is 2.35 bits per heavy atom. The van der Waals surface area contributed by atoms with Crippen molar-refractivity contribution < 1.29 is 4.79 Å². The Balaban J connectivity index is 3.31. The molecule has 0 radical (unpaired) electrons. The monoisotopic (exact) mass is 229 g/mol. The highest BCUT2D eigenvalue weighted by Gasteiger charge is 2.17. The summed E-state index contributed by atoms with van der Waals surface area (Å²) in [7, 11) is 0. The van der Waals surface area contributed by atoms with E-state index in [0.717, 1.165) is 0 Å². The third-order valence-corrected chi connectivity index (χ3v) is 2.17. The molecule has 1 aromatic rings. The Morgan fingerprint density at radius 2 is 1.88 bits per heavy atom. The lowest BCUT2D eigenvalue weighted by atomic mass is 10.1. The van der Waals surface area contributed by atoms with Crippen molar-refractivity contribution in [2.24, 2.45) is 5.73 Å². The number of hydrogen-bond acceptors (Lipinski definition) is 5. The Bertz CT molecular complexity index is 496. The fourth-order valence-electron chi connectivity index (χ4n) is 1.50. The van der Waals surface area contributed by atoms with Gasteiger partial charge in [-0.15, -0.1) is 0 Å². The van der Waals surface area contributed by atoms with Crippen molar-refractivity contribution in [3.63, 3.8) is 0 Å². The average Bonchev–Trinajstić information content (AvgIpc) is 2.28. The molecule has 6 nitrogen and oxygen atoms in total. The van der Waals surface area contributed by atoms with Gasteiger partial charge >= 0.3 is 0 Å². The van der Waals surface area contributed by atoms with Gasteiger partial charge in [0.1, 0.15) is 13.1 Å². The molecule has 0 saturated heterocycles. The first kappa shape index (κ1) is 12.3. The molecule has 0 bridgehead atoms. The molecule has 0 aliphatic heterocycles. The molecule has 0 aromatic heterocycles. The lowest BCUT2D eigenvalue weighted by molar-refractivity contribution is 0.100. The van der Waals surface area contributed by atoms with E-state index in [9.17, 15) is 4.79 Å². The normalized spacial score (nSPS) is 9.06. The van der Waals surface area contributed by atoms with Crippen molar-refractivity contribution in [3.05, 3.63) is 23.8 Å². The Kier molecular flexibility index (Phi) is 3.91. The number of benzene rings is 1. The molecule has 0 saturated carbocycles. The topological polar surface area (TPSA) is 120 Å². The fourth-order valence-corrected chi connectivity index (χ4v) is 1.50. The summed E-state index contributed by atoms with van der Waals surface area (Å²) in [6.07, 6.45) is 0. The minimum Gasteiger partial charge on any atom is -0.397 e. The van der Waals surface area contributed by atoms with Crippen LogP contribution in [0.1, 0.15) is 10.4 Å². The highest BCUT2D eigenvalue weighted by atomic mass is 16.1. The van der Waals surface area contributed by atoms with Crippen LogP contribution >= 0.6 is 0 Å². The minimum atomic E-state index is -0.645. The molecule has 0 unspecified atom stereocenters. The molecule has 0 atom stereocenters. The van der Waals surface area contributed by atoms with E-state index in [1.54, 1.807) is 12.1 Å². The maximum atomic E-state index is 11.3. The second-order valence-electron chi connectivity index (χ2n) is 3.28. The zero-order valence-corrected chi connectivity index (χ0v) is 9.05. The molecule has 0 aliphatic rings. The van der Waals surface area contributed by atoms with Gasteiger partial charge in [-0.2, -0.15) is 10.5 Å². The van der Waals surface area contributed by atoms with Gasteiger partial charge in [-0.25, -0.2) is 0 Å². The van der Waals surface area contributed by atoms with Gasteiger partial charge in [-0.3, -0.25) is 4.79 Å². The predicted molar refractivity (Wildman–Crippen MR) is 62.8 cm³/mol. The average molecular weight is 229 g/mol. The molecule has 1 rings (SSSR count). The van der Waals surface area contributed by atoms with Crippen molar-refractivity contribution in [3.8, 4) is 12.1 Å². The van der Waals surface area contributed by atoms with Crippen LogP contribution in [0.2, 0.25) is 0 Å². The molecule has 0 aliphatic carbocycles. The second-order valence-corrected chi connectivity index (χ2v) is 3.28. The predicted octanol–water partition coefficient (Wildman–Crippen LogP) is 0.221. The summed E-state index contributed by atoms with van der Waals surface area (Å²) in [5.74, 6) is -0.645. The quantitative estimate of drug-likeness (QED) is 0.565. The van der Waals surface area contributed by atoms with Crippen LogP contribution in [0, 0.1) is 22.7 Å². The Morgan fingerprint density at radius 1 is 1.29 bits per heavy atom. The first-order valence-electron chi connectivity index (χ1n) is 4.79. The number of anilines is 2. The summed E-state index contributed by atoms with van der Waals surface area (Å²) in [6.45, 7) is -0.0793. The van der Waals surface area contributed by atoms with Crippen LogP contribution in [-0.4, -0.2) is 19.0 Å². The SMILES string of the molecule is N#CCN(CC#N)c1c(N)cccc1C(N)=O. The number of nitriles is 2. The van der Waals surface area contributed by atoms with Gasteiger partial charge in [0.25, 0.3) is 5.91 Å². The third kappa shape index (κ3) is 2.64. The fraction of sp³-hybridized carbons (Fsp3) is 0.182. The molecule has 0 spiro atoms. The summed E-state index contributed by atoms with van der Waals surface area (Å²) in [5.41, 5.74) is 11.8. The molecule has 1 amide bonds. The zero-order chi connectivity index (χ0) is 12.8. The van der Waals surface area contributed by atoms with Crippen LogP contribution in [0.3, 0.4) is 0 Å². The van der Waals surface area contributed by atoms with Gasteiger partial charge in [0.05, 0.1) is 29.1 Å². The van der Waals surface area contributed by atoms with Gasteiger partial charge in [-0.05, 0) is 12.1 Å². The molecular formula is C11H11N5O. The van der Waals surface area contributed by atoms with Gasteiger partial charge in [0, 0.05) is 0 Å². The number of nitrogens with two attached hydrogens (primary N) is 2. The number of nitrogens with zero attached hydrogens (tertiary/aromatic N) is 3. The lowest BCUT2D eigenvalue weighted by Gasteiger charge is -2.22. The standard InChI is InChI=1S/C11H11N5O/c12-4-6-16(7-5-13)10-8(11(15)17)2-1-3-9(10)14/h1-3H,6-7,14H2,(H2,15,17). The van der Waals surface area contributed by atoms with Gasteiger partial charge in [0.2, 0.25) is 0 Å². The second kappa shape index (κ2) is 5.38. The summed E-state index contributed by atoms with van der Waals surface area (Å²) in [4.78, 5) is 12.7. The molecular weight excluding hydrogens is 218 g/mol. The van der Waals surface area contributed by atoms with Gasteiger partial charge < -0.3 is 16.4 Å². The van der Waals surface area contributed by atoms with Crippen molar-refractivity contribution in [1.29, 1.82) is 10.5 Å². The minimum absolute atomic E-state index is 0.0396. The van der Waals surface area contributed by atoms with Crippen LogP contribution in [0.5, 0.6) is 0 Å². The van der Waals surface area contributed by atoms with E-state index < -0.39 is 5.91 Å². The number of amides is 1.